The van der Waals surface area contributed by atoms with E-state index >= 15 is 0 Å². The lowest BCUT2D eigenvalue weighted by Crippen LogP contribution is -2.26. The van der Waals surface area contributed by atoms with E-state index in [2.05, 4.69) is 4.74 Å². The highest BCUT2D eigenvalue weighted by molar-refractivity contribution is 6.32. The van der Waals surface area contributed by atoms with Gasteiger partial charge in [0.15, 0.2) is 12.4 Å². The number of halogens is 1. The molecule has 1 aliphatic rings. The summed E-state index contributed by atoms with van der Waals surface area (Å²) in [7, 11) is 1.24. The molecule has 5 nitrogen and oxygen atoms in total. The van der Waals surface area contributed by atoms with Crippen LogP contribution >= 0.6 is 11.6 Å². The molecule has 0 saturated carbocycles. The number of esters is 1. The standard InChI is InChI=1S/C11H9ClO5/c1-16-11(15)8-3-6-9(14)5(4-13)2-7(12)10(6)17-8/h2,4,8,14H,3H2,1H3. The van der Waals surface area contributed by atoms with E-state index in [1.165, 1.54) is 13.2 Å². The molecule has 1 N–H and O–H groups in total. The van der Waals surface area contributed by atoms with Gasteiger partial charge in [-0.25, -0.2) is 4.79 Å². The Kier molecular flexibility index (Phi) is 2.93. The number of hydrogen-bond donors (Lipinski definition) is 1. The normalized spacial score (nSPS) is 17.2. The van der Waals surface area contributed by atoms with Crippen molar-refractivity contribution in [1.29, 1.82) is 0 Å². The topological polar surface area (TPSA) is 72.8 Å². The molecular weight excluding hydrogens is 248 g/mol. The van der Waals surface area contributed by atoms with E-state index in [4.69, 9.17) is 16.3 Å². The highest BCUT2D eigenvalue weighted by Gasteiger charge is 2.34. The summed E-state index contributed by atoms with van der Waals surface area (Å²) in [6.45, 7) is 0. The third-order valence-electron chi connectivity index (χ3n) is 2.57. The number of aromatic hydroxyl groups is 1. The first kappa shape index (κ1) is 11.7. The van der Waals surface area contributed by atoms with Crippen molar-refractivity contribution in [3.05, 3.63) is 22.2 Å². The third kappa shape index (κ3) is 1.82. The van der Waals surface area contributed by atoms with E-state index in [1.54, 1.807) is 0 Å². The molecule has 17 heavy (non-hydrogen) atoms. The maximum Gasteiger partial charge on any atom is 0.347 e. The molecule has 90 valence electrons. The van der Waals surface area contributed by atoms with E-state index in [-0.39, 0.29) is 28.5 Å². The minimum Gasteiger partial charge on any atom is -0.507 e. The molecule has 1 aromatic carbocycles. The lowest BCUT2D eigenvalue weighted by molar-refractivity contribution is -0.147. The van der Waals surface area contributed by atoms with Crippen molar-refractivity contribution in [2.75, 3.05) is 7.11 Å². The highest BCUT2D eigenvalue weighted by atomic mass is 35.5. The molecule has 1 aromatic rings. The van der Waals surface area contributed by atoms with Gasteiger partial charge < -0.3 is 14.6 Å². The molecule has 0 aliphatic carbocycles. The van der Waals surface area contributed by atoms with Crippen LogP contribution < -0.4 is 4.74 Å². The Labute approximate surface area is 102 Å². The second kappa shape index (κ2) is 4.25. The molecule has 1 aliphatic heterocycles. The zero-order valence-electron chi connectivity index (χ0n) is 8.90. The number of phenols is 1. The van der Waals surface area contributed by atoms with Gasteiger partial charge in [-0.05, 0) is 6.07 Å². The van der Waals surface area contributed by atoms with E-state index in [0.29, 0.717) is 11.8 Å². The predicted molar refractivity (Wildman–Crippen MR) is 58.6 cm³/mol. The zero-order valence-corrected chi connectivity index (χ0v) is 9.65. The van der Waals surface area contributed by atoms with Crippen LogP contribution in [0.2, 0.25) is 5.02 Å². The number of rotatable bonds is 2. The van der Waals surface area contributed by atoms with Gasteiger partial charge in [-0.3, -0.25) is 4.79 Å². The Morgan fingerprint density at radius 3 is 3.00 bits per heavy atom. The second-order valence-corrected chi connectivity index (χ2v) is 3.96. The van der Waals surface area contributed by atoms with Crippen molar-refractivity contribution in [2.24, 2.45) is 0 Å². The summed E-state index contributed by atoms with van der Waals surface area (Å²) in [4.78, 5) is 22.0. The average molecular weight is 257 g/mol. The number of phenolic OH excluding ortho intramolecular Hbond substituents is 1. The fourth-order valence-corrected chi connectivity index (χ4v) is 2.01. The van der Waals surface area contributed by atoms with Crippen LogP contribution in [0, 0.1) is 0 Å². The number of carbonyl (C=O) groups is 2. The average Bonchev–Trinajstić information content (AvgIpc) is 2.78. The maximum absolute atomic E-state index is 11.3. The van der Waals surface area contributed by atoms with Crippen LogP contribution in [0.15, 0.2) is 6.07 Å². The van der Waals surface area contributed by atoms with E-state index in [1.807, 2.05) is 0 Å². The molecule has 0 fully saturated rings. The summed E-state index contributed by atoms with van der Waals surface area (Å²) >= 11 is 5.89. The Bertz CT molecular complexity index is 497. The quantitative estimate of drug-likeness (QED) is 0.638. The van der Waals surface area contributed by atoms with Crippen molar-refractivity contribution in [3.63, 3.8) is 0 Å². The molecule has 0 saturated heterocycles. The van der Waals surface area contributed by atoms with Crippen molar-refractivity contribution in [3.8, 4) is 11.5 Å². The van der Waals surface area contributed by atoms with Crippen molar-refractivity contribution in [2.45, 2.75) is 12.5 Å². The number of methoxy groups -OCH3 is 1. The molecule has 0 amide bonds. The number of aldehydes is 1. The van der Waals surface area contributed by atoms with E-state index in [9.17, 15) is 14.7 Å². The van der Waals surface area contributed by atoms with Gasteiger partial charge >= 0.3 is 5.97 Å². The molecule has 1 atom stereocenters. The van der Waals surface area contributed by atoms with Gasteiger partial charge in [-0.15, -0.1) is 0 Å². The van der Waals surface area contributed by atoms with Crippen LogP contribution in [0.4, 0.5) is 0 Å². The first-order chi connectivity index (χ1) is 8.08. The third-order valence-corrected chi connectivity index (χ3v) is 2.85. The van der Waals surface area contributed by atoms with Crippen LogP contribution in [-0.4, -0.2) is 30.6 Å². The lowest BCUT2D eigenvalue weighted by Gasteiger charge is -2.08. The van der Waals surface area contributed by atoms with Gasteiger partial charge in [-0.2, -0.15) is 0 Å². The molecule has 0 spiro atoms. The Hall–Kier alpha value is -1.75. The van der Waals surface area contributed by atoms with E-state index in [0.717, 1.165) is 0 Å². The minimum absolute atomic E-state index is 0.0721. The number of carbonyl (C=O) groups excluding carboxylic acids is 2. The van der Waals surface area contributed by atoms with Crippen LogP contribution in [0.3, 0.4) is 0 Å². The lowest BCUT2D eigenvalue weighted by atomic mass is 10.1. The SMILES string of the molecule is COC(=O)C1Cc2c(O)c(C=O)cc(Cl)c2O1. The largest absolute Gasteiger partial charge is 0.507 e. The van der Waals surface area contributed by atoms with Crippen LogP contribution in [0.25, 0.3) is 0 Å². The number of fused-ring (bicyclic) bond motifs is 1. The smallest absolute Gasteiger partial charge is 0.347 e. The summed E-state index contributed by atoms with van der Waals surface area (Å²) in [5.74, 6) is -0.528. The molecule has 0 radical (unpaired) electrons. The van der Waals surface area contributed by atoms with Gasteiger partial charge in [0.2, 0.25) is 0 Å². The number of ether oxygens (including phenoxy) is 2. The fourth-order valence-electron chi connectivity index (χ4n) is 1.74. The number of hydrogen-bond acceptors (Lipinski definition) is 5. The molecule has 1 unspecified atom stereocenters. The molecule has 0 aromatic heterocycles. The summed E-state index contributed by atoms with van der Waals surface area (Å²) in [5, 5.41) is 9.97. The molecular formula is C11H9ClO5. The monoisotopic (exact) mass is 256 g/mol. The molecule has 6 heteroatoms. The fraction of sp³-hybridized carbons (Fsp3) is 0.273. The second-order valence-electron chi connectivity index (χ2n) is 3.56. The van der Waals surface area contributed by atoms with Crippen LogP contribution in [-0.2, 0) is 16.0 Å². The molecule has 1 heterocycles. The maximum atomic E-state index is 11.3. The van der Waals surface area contributed by atoms with Gasteiger partial charge in [0.1, 0.15) is 11.5 Å². The van der Waals surface area contributed by atoms with Gasteiger partial charge in [0.25, 0.3) is 0 Å². The predicted octanol–water partition coefficient (Wildman–Crippen LogP) is 1.33. The summed E-state index contributed by atoms with van der Waals surface area (Å²) in [6, 6.07) is 1.29. The van der Waals surface area contributed by atoms with Crippen molar-refractivity contribution in [1.82, 2.24) is 0 Å². The molecule has 0 bridgehead atoms. The Morgan fingerprint density at radius 1 is 1.71 bits per heavy atom. The van der Waals surface area contributed by atoms with Crippen molar-refractivity contribution < 1.29 is 24.2 Å². The Balaban J connectivity index is 2.44. The zero-order chi connectivity index (χ0) is 12.6. The summed E-state index contributed by atoms with van der Waals surface area (Å²) in [5.41, 5.74) is 0.429. The van der Waals surface area contributed by atoms with Gasteiger partial charge in [0.05, 0.1) is 17.7 Å². The van der Waals surface area contributed by atoms with E-state index < -0.39 is 12.1 Å². The summed E-state index contributed by atoms with van der Waals surface area (Å²) < 4.78 is 9.83. The first-order valence-electron chi connectivity index (χ1n) is 4.82. The van der Waals surface area contributed by atoms with Gasteiger partial charge in [-0.1, -0.05) is 11.6 Å². The van der Waals surface area contributed by atoms with Crippen LogP contribution in [0.1, 0.15) is 15.9 Å². The first-order valence-corrected chi connectivity index (χ1v) is 5.20. The van der Waals surface area contributed by atoms with Gasteiger partial charge in [0, 0.05) is 12.0 Å². The minimum atomic E-state index is -0.833. The Morgan fingerprint density at radius 2 is 2.41 bits per heavy atom. The summed E-state index contributed by atoms with van der Waals surface area (Å²) in [6.07, 6.45) is -0.206. The molecule has 2 rings (SSSR count). The number of benzene rings is 1. The van der Waals surface area contributed by atoms with Crippen molar-refractivity contribution >= 4 is 23.9 Å². The van der Waals surface area contributed by atoms with Crippen LogP contribution in [0.5, 0.6) is 11.5 Å². The highest BCUT2D eigenvalue weighted by Crippen LogP contribution is 2.42.